The smallest absolute Gasteiger partial charge is 0.247 e. The van der Waals surface area contributed by atoms with Crippen LogP contribution in [-0.2, 0) is 11.2 Å². The van der Waals surface area contributed by atoms with E-state index < -0.39 is 0 Å². The van der Waals surface area contributed by atoms with Gasteiger partial charge in [0.2, 0.25) is 5.91 Å². The van der Waals surface area contributed by atoms with Crippen molar-refractivity contribution in [3.8, 4) is 0 Å². The second kappa shape index (κ2) is 6.82. The van der Waals surface area contributed by atoms with Crippen molar-refractivity contribution in [2.24, 2.45) is 0 Å². The van der Waals surface area contributed by atoms with Gasteiger partial charge in [-0.15, -0.1) is 0 Å². The van der Waals surface area contributed by atoms with Crippen LogP contribution in [0.25, 0.3) is 17.0 Å². The predicted octanol–water partition coefficient (Wildman–Crippen LogP) is 4.65. The van der Waals surface area contributed by atoms with Crippen molar-refractivity contribution in [1.82, 2.24) is 4.90 Å². The van der Waals surface area contributed by atoms with E-state index in [0.29, 0.717) is 0 Å². The Bertz CT molecular complexity index is 672. The molecule has 0 bridgehead atoms. The Morgan fingerprint density at radius 2 is 1.82 bits per heavy atom. The zero-order valence-corrected chi connectivity index (χ0v) is 14.1. The number of aryl methyl sites for hydroxylation is 1. The number of rotatable bonds is 5. The number of carbonyl (C=O) groups is 1. The molecule has 0 saturated carbocycles. The summed E-state index contributed by atoms with van der Waals surface area (Å²) < 4.78 is 5.86. The minimum absolute atomic E-state index is 0.0392. The van der Waals surface area contributed by atoms with Crippen LogP contribution in [0.2, 0.25) is 0 Å². The van der Waals surface area contributed by atoms with Gasteiger partial charge >= 0.3 is 0 Å². The summed E-state index contributed by atoms with van der Waals surface area (Å²) >= 11 is 0. The van der Waals surface area contributed by atoms with Crippen LogP contribution in [0.15, 0.2) is 34.8 Å². The highest BCUT2D eigenvalue weighted by Crippen LogP contribution is 2.27. The SMILES string of the molecule is CCc1oc2ccccc2c1/C=C/C(=O)N(C(C)C)C(C)C. The summed E-state index contributed by atoms with van der Waals surface area (Å²) in [6.07, 6.45) is 4.36. The molecule has 1 heterocycles. The van der Waals surface area contributed by atoms with Crippen molar-refractivity contribution >= 4 is 23.0 Å². The number of para-hydroxylation sites is 1. The highest BCUT2D eigenvalue weighted by molar-refractivity contribution is 5.96. The lowest BCUT2D eigenvalue weighted by Gasteiger charge is -2.29. The molecule has 1 aromatic carbocycles. The van der Waals surface area contributed by atoms with Gasteiger partial charge in [-0.05, 0) is 39.8 Å². The molecule has 118 valence electrons. The Morgan fingerprint density at radius 3 is 2.41 bits per heavy atom. The third-order valence-corrected chi connectivity index (χ3v) is 3.79. The van der Waals surface area contributed by atoms with Gasteiger partial charge in [-0.2, -0.15) is 0 Å². The van der Waals surface area contributed by atoms with Crippen LogP contribution in [0.3, 0.4) is 0 Å². The average Bonchev–Trinajstić information content (AvgIpc) is 2.82. The highest BCUT2D eigenvalue weighted by Gasteiger charge is 2.18. The van der Waals surface area contributed by atoms with Crippen molar-refractivity contribution < 1.29 is 9.21 Å². The molecule has 0 fully saturated rings. The van der Waals surface area contributed by atoms with E-state index in [-0.39, 0.29) is 18.0 Å². The first-order valence-corrected chi connectivity index (χ1v) is 7.96. The van der Waals surface area contributed by atoms with Crippen LogP contribution in [0.1, 0.15) is 45.9 Å². The molecule has 2 aromatic rings. The molecule has 0 N–H and O–H groups in total. The third-order valence-electron chi connectivity index (χ3n) is 3.79. The molecule has 0 atom stereocenters. The largest absolute Gasteiger partial charge is 0.460 e. The van der Waals surface area contributed by atoms with E-state index in [0.717, 1.165) is 28.7 Å². The molecule has 0 spiro atoms. The minimum atomic E-state index is 0.0392. The molecule has 1 aromatic heterocycles. The number of nitrogens with zero attached hydrogens (tertiary/aromatic N) is 1. The molecule has 2 rings (SSSR count). The van der Waals surface area contributed by atoms with Crippen molar-refractivity contribution in [2.75, 3.05) is 0 Å². The molecule has 3 nitrogen and oxygen atoms in total. The van der Waals surface area contributed by atoms with Gasteiger partial charge in [0.15, 0.2) is 0 Å². The van der Waals surface area contributed by atoms with Crippen LogP contribution in [0, 0.1) is 0 Å². The number of fused-ring (bicyclic) bond motifs is 1. The first-order valence-electron chi connectivity index (χ1n) is 7.96. The molecule has 22 heavy (non-hydrogen) atoms. The van der Waals surface area contributed by atoms with E-state index in [9.17, 15) is 4.79 Å². The Hall–Kier alpha value is -2.03. The van der Waals surface area contributed by atoms with E-state index in [4.69, 9.17) is 4.42 Å². The maximum absolute atomic E-state index is 12.5. The van der Waals surface area contributed by atoms with Gasteiger partial charge in [0.25, 0.3) is 0 Å². The maximum atomic E-state index is 12.5. The van der Waals surface area contributed by atoms with Crippen LogP contribution < -0.4 is 0 Å². The molecule has 0 aliphatic heterocycles. The Balaban J connectivity index is 2.35. The summed E-state index contributed by atoms with van der Waals surface area (Å²) in [4.78, 5) is 14.3. The van der Waals surface area contributed by atoms with E-state index in [2.05, 4.69) is 6.92 Å². The Labute approximate surface area is 132 Å². The topological polar surface area (TPSA) is 33.5 Å². The van der Waals surface area contributed by atoms with Crippen molar-refractivity contribution in [2.45, 2.75) is 53.1 Å². The van der Waals surface area contributed by atoms with Gasteiger partial charge in [-0.25, -0.2) is 0 Å². The van der Waals surface area contributed by atoms with Crippen LogP contribution >= 0.6 is 0 Å². The molecular formula is C19H25NO2. The second-order valence-corrected chi connectivity index (χ2v) is 6.05. The molecular weight excluding hydrogens is 274 g/mol. The lowest BCUT2D eigenvalue weighted by Crippen LogP contribution is -2.41. The van der Waals surface area contributed by atoms with Crippen LogP contribution in [-0.4, -0.2) is 22.9 Å². The number of furan rings is 1. The molecule has 0 radical (unpaired) electrons. The molecule has 0 unspecified atom stereocenters. The highest BCUT2D eigenvalue weighted by atomic mass is 16.3. The third kappa shape index (κ3) is 3.24. The minimum Gasteiger partial charge on any atom is -0.460 e. The molecule has 3 heteroatoms. The van der Waals surface area contributed by atoms with Crippen molar-refractivity contribution in [1.29, 1.82) is 0 Å². The number of hydrogen-bond donors (Lipinski definition) is 0. The zero-order chi connectivity index (χ0) is 16.3. The van der Waals surface area contributed by atoms with Gasteiger partial charge < -0.3 is 9.32 Å². The van der Waals surface area contributed by atoms with Crippen LogP contribution in [0.4, 0.5) is 0 Å². The zero-order valence-electron chi connectivity index (χ0n) is 14.1. The van der Waals surface area contributed by atoms with Crippen molar-refractivity contribution in [3.63, 3.8) is 0 Å². The van der Waals surface area contributed by atoms with E-state index in [1.54, 1.807) is 6.08 Å². The lowest BCUT2D eigenvalue weighted by molar-refractivity contribution is -0.129. The summed E-state index contributed by atoms with van der Waals surface area (Å²) in [5, 5.41) is 1.06. The number of benzene rings is 1. The molecule has 0 saturated heterocycles. The fraction of sp³-hybridized carbons (Fsp3) is 0.421. The number of amides is 1. The van der Waals surface area contributed by atoms with Gasteiger partial charge in [-0.1, -0.05) is 25.1 Å². The Morgan fingerprint density at radius 1 is 1.18 bits per heavy atom. The van der Waals surface area contributed by atoms with Gasteiger partial charge in [0.05, 0.1) is 0 Å². The average molecular weight is 299 g/mol. The quantitative estimate of drug-likeness (QED) is 0.753. The first-order chi connectivity index (χ1) is 10.5. The monoisotopic (exact) mass is 299 g/mol. The van der Waals surface area contributed by atoms with E-state index >= 15 is 0 Å². The summed E-state index contributed by atoms with van der Waals surface area (Å²) in [6, 6.07) is 8.31. The standard InChI is InChI=1S/C19H25NO2/c1-6-17-16(15-9-7-8-10-18(15)22-17)11-12-19(21)20(13(2)3)14(4)5/h7-14H,6H2,1-5H3/b12-11+. The normalized spacial score (nSPS) is 12.0. The second-order valence-electron chi connectivity index (χ2n) is 6.05. The molecule has 0 aliphatic carbocycles. The van der Waals surface area contributed by atoms with Crippen LogP contribution in [0.5, 0.6) is 0 Å². The first kappa shape index (κ1) is 16.3. The fourth-order valence-corrected chi connectivity index (χ4v) is 2.91. The Kier molecular flexibility index (Phi) is 5.07. The van der Waals surface area contributed by atoms with Crippen molar-refractivity contribution in [3.05, 3.63) is 41.7 Å². The molecule has 1 amide bonds. The maximum Gasteiger partial charge on any atom is 0.247 e. The van der Waals surface area contributed by atoms with Gasteiger partial charge in [0, 0.05) is 35.5 Å². The number of hydrogen-bond acceptors (Lipinski definition) is 2. The fourth-order valence-electron chi connectivity index (χ4n) is 2.91. The van der Waals surface area contributed by atoms with E-state index in [1.165, 1.54) is 0 Å². The lowest BCUT2D eigenvalue weighted by atomic mass is 10.1. The summed E-state index contributed by atoms with van der Waals surface area (Å²) in [7, 11) is 0. The van der Waals surface area contributed by atoms with Gasteiger partial charge in [-0.3, -0.25) is 4.79 Å². The molecule has 0 aliphatic rings. The number of carbonyl (C=O) groups excluding carboxylic acids is 1. The predicted molar refractivity (Wildman–Crippen MR) is 91.7 cm³/mol. The summed E-state index contributed by atoms with van der Waals surface area (Å²) in [6.45, 7) is 10.2. The summed E-state index contributed by atoms with van der Waals surface area (Å²) in [5.41, 5.74) is 1.88. The van der Waals surface area contributed by atoms with Gasteiger partial charge in [0.1, 0.15) is 11.3 Å². The summed E-state index contributed by atoms with van der Waals surface area (Å²) in [5.74, 6) is 0.961. The van der Waals surface area contributed by atoms with E-state index in [1.807, 2.05) is 62.9 Å².